The fraction of sp³-hybridized carbons (Fsp3) is 0.231. The Kier molecular flexibility index (Phi) is 6.20. The van der Waals surface area contributed by atoms with Crippen LogP contribution in [0.5, 0.6) is 5.75 Å². The van der Waals surface area contributed by atoms with E-state index in [-0.39, 0.29) is 28.1 Å². The zero-order valence-corrected chi connectivity index (χ0v) is 18.6. The van der Waals surface area contributed by atoms with Crippen LogP contribution in [-0.2, 0) is 4.74 Å². The maximum atomic E-state index is 12.0. The SMILES string of the molecule is O=C(O)c1ccccc1-c1c2ccc(=O)cc-2oc2cc(O[C@@H]3O[C@H](CO)[C@H](O)[C@H](O)[C@H]3O)ccc12. The van der Waals surface area contributed by atoms with Crippen molar-refractivity contribution in [3.63, 3.8) is 0 Å². The Morgan fingerprint density at radius 3 is 2.44 bits per heavy atom. The quantitative estimate of drug-likeness (QED) is 0.256. The molecule has 5 atom stereocenters. The normalized spacial score (nSPS) is 24.2. The highest BCUT2D eigenvalue weighted by molar-refractivity contribution is 6.07. The van der Waals surface area contributed by atoms with Crippen LogP contribution in [0.15, 0.2) is 69.9 Å². The zero-order chi connectivity index (χ0) is 25.6. The number of carbonyl (C=O) groups is 1. The molecule has 0 aromatic heterocycles. The highest BCUT2D eigenvalue weighted by Crippen LogP contribution is 2.42. The van der Waals surface area contributed by atoms with Gasteiger partial charge in [0, 0.05) is 28.6 Å². The number of aliphatic hydroxyl groups excluding tert-OH is 4. The molecule has 0 amide bonds. The Bertz CT molecular complexity index is 1460. The number of fused-ring (bicyclic) bond motifs is 2. The van der Waals surface area contributed by atoms with Gasteiger partial charge in [0.25, 0.3) is 0 Å². The van der Waals surface area contributed by atoms with Crippen molar-refractivity contribution >= 4 is 16.9 Å². The van der Waals surface area contributed by atoms with Gasteiger partial charge in [-0.25, -0.2) is 4.79 Å². The van der Waals surface area contributed by atoms with Crippen LogP contribution < -0.4 is 10.2 Å². The maximum absolute atomic E-state index is 12.0. The first-order chi connectivity index (χ1) is 17.3. The highest BCUT2D eigenvalue weighted by Gasteiger charge is 2.44. The van der Waals surface area contributed by atoms with Gasteiger partial charge in [0.15, 0.2) is 5.43 Å². The van der Waals surface area contributed by atoms with E-state index in [2.05, 4.69) is 0 Å². The lowest BCUT2D eigenvalue weighted by atomic mass is 9.91. The Labute approximate surface area is 203 Å². The van der Waals surface area contributed by atoms with E-state index < -0.39 is 43.3 Å². The fourth-order valence-electron chi connectivity index (χ4n) is 4.40. The number of hydrogen-bond donors (Lipinski definition) is 5. The first kappa shape index (κ1) is 23.9. The van der Waals surface area contributed by atoms with Crippen LogP contribution >= 0.6 is 0 Å². The van der Waals surface area contributed by atoms with Crippen molar-refractivity contribution in [2.45, 2.75) is 30.7 Å². The molecule has 2 aromatic rings. The highest BCUT2D eigenvalue weighted by atomic mass is 16.7. The van der Waals surface area contributed by atoms with E-state index in [1.807, 2.05) is 0 Å². The van der Waals surface area contributed by atoms with Gasteiger partial charge in [-0.1, -0.05) is 18.2 Å². The van der Waals surface area contributed by atoms with Crippen LogP contribution in [-0.4, -0.2) is 68.8 Å². The van der Waals surface area contributed by atoms with Gasteiger partial charge in [0.2, 0.25) is 6.29 Å². The second kappa shape index (κ2) is 9.34. The summed E-state index contributed by atoms with van der Waals surface area (Å²) in [4.78, 5) is 24.0. The minimum absolute atomic E-state index is 0.0687. The minimum Gasteiger partial charge on any atom is -0.478 e. The van der Waals surface area contributed by atoms with E-state index in [9.17, 15) is 35.1 Å². The third-order valence-corrected chi connectivity index (χ3v) is 6.19. The van der Waals surface area contributed by atoms with E-state index in [1.165, 1.54) is 24.3 Å². The van der Waals surface area contributed by atoms with Crippen molar-refractivity contribution in [2.75, 3.05) is 6.61 Å². The van der Waals surface area contributed by atoms with Crippen LogP contribution in [0.25, 0.3) is 33.4 Å². The number of aromatic carboxylic acids is 1. The van der Waals surface area contributed by atoms with Gasteiger partial charge in [0.05, 0.1) is 12.2 Å². The van der Waals surface area contributed by atoms with Crippen molar-refractivity contribution < 1.29 is 44.2 Å². The number of carboxylic acids is 1. The molecule has 1 aliphatic carbocycles. The van der Waals surface area contributed by atoms with Crippen molar-refractivity contribution in [1.82, 2.24) is 0 Å². The molecule has 0 saturated carbocycles. The molecule has 2 aromatic carbocycles. The zero-order valence-electron chi connectivity index (χ0n) is 18.6. The summed E-state index contributed by atoms with van der Waals surface area (Å²) in [5.74, 6) is -0.725. The van der Waals surface area contributed by atoms with Gasteiger partial charge < -0.3 is 39.4 Å². The molecule has 5 rings (SSSR count). The van der Waals surface area contributed by atoms with E-state index in [0.717, 1.165) is 0 Å². The summed E-state index contributed by atoms with van der Waals surface area (Å²) in [6, 6.07) is 15.4. The Hall–Kier alpha value is -3.80. The van der Waals surface area contributed by atoms with E-state index in [0.29, 0.717) is 22.1 Å². The Morgan fingerprint density at radius 1 is 0.917 bits per heavy atom. The second-order valence-electron chi connectivity index (χ2n) is 8.46. The van der Waals surface area contributed by atoms with Crippen LogP contribution in [0.2, 0.25) is 0 Å². The number of benzene rings is 3. The first-order valence-corrected chi connectivity index (χ1v) is 11.1. The number of hydrogen-bond acceptors (Lipinski definition) is 9. The van der Waals surface area contributed by atoms with Crippen LogP contribution in [0.4, 0.5) is 0 Å². The average molecular weight is 494 g/mol. The Balaban J connectivity index is 1.64. The molecule has 36 heavy (non-hydrogen) atoms. The van der Waals surface area contributed by atoms with E-state index in [4.69, 9.17) is 13.9 Å². The molecule has 2 heterocycles. The first-order valence-electron chi connectivity index (χ1n) is 11.1. The van der Waals surface area contributed by atoms with Crippen molar-refractivity contribution in [3.8, 4) is 28.2 Å². The molecule has 1 saturated heterocycles. The monoisotopic (exact) mass is 494 g/mol. The molecule has 5 N–H and O–H groups in total. The summed E-state index contributed by atoms with van der Waals surface area (Å²) in [7, 11) is 0. The molecule has 3 aliphatic rings. The molecule has 10 heteroatoms. The fourth-order valence-corrected chi connectivity index (χ4v) is 4.40. The lowest BCUT2D eigenvalue weighted by Gasteiger charge is -2.39. The number of aliphatic hydroxyl groups is 4. The predicted octanol–water partition coefficient (Wildman–Crippen LogP) is 1.44. The van der Waals surface area contributed by atoms with Crippen LogP contribution in [0, 0.1) is 0 Å². The van der Waals surface area contributed by atoms with Crippen molar-refractivity contribution in [1.29, 1.82) is 0 Å². The summed E-state index contributed by atoms with van der Waals surface area (Å²) in [5, 5.41) is 50.0. The minimum atomic E-state index is -1.61. The van der Waals surface area contributed by atoms with Crippen molar-refractivity contribution in [2.24, 2.45) is 0 Å². The summed E-state index contributed by atoms with van der Waals surface area (Å²) in [5.41, 5.74) is 1.54. The molecule has 10 nitrogen and oxygen atoms in total. The molecule has 0 radical (unpaired) electrons. The summed E-state index contributed by atoms with van der Waals surface area (Å²) >= 11 is 0. The van der Waals surface area contributed by atoms with Crippen LogP contribution in [0.3, 0.4) is 0 Å². The van der Waals surface area contributed by atoms with Gasteiger partial charge >= 0.3 is 5.97 Å². The maximum Gasteiger partial charge on any atom is 0.336 e. The largest absolute Gasteiger partial charge is 0.478 e. The summed E-state index contributed by atoms with van der Waals surface area (Å²) in [6.45, 7) is -0.603. The van der Waals surface area contributed by atoms with Crippen molar-refractivity contribution in [3.05, 3.63) is 76.5 Å². The average Bonchev–Trinajstić information content (AvgIpc) is 2.87. The molecule has 0 spiro atoms. The lowest BCUT2D eigenvalue weighted by Crippen LogP contribution is -2.60. The molecular weight excluding hydrogens is 472 g/mol. The molecule has 0 unspecified atom stereocenters. The summed E-state index contributed by atoms with van der Waals surface area (Å²) < 4.78 is 17.1. The van der Waals surface area contributed by atoms with Gasteiger partial charge in [-0.15, -0.1) is 0 Å². The second-order valence-corrected chi connectivity index (χ2v) is 8.46. The molecule has 186 valence electrons. The van der Waals surface area contributed by atoms with E-state index in [1.54, 1.807) is 36.4 Å². The van der Waals surface area contributed by atoms with Gasteiger partial charge in [-0.3, -0.25) is 4.79 Å². The molecular formula is C26H22O10. The smallest absolute Gasteiger partial charge is 0.336 e. The number of rotatable bonds is 5. The standard InChI is InChI=1S/C26H22O10/c27-11-20-22(29)23(30)24(31)26(36-20)34-13-6-8-17-19(10-13)35-18-9-12(28)5-7-16(18)21(17)14-3-1-2-4-15(14)25(32)33/h1-10,20,22-24,26-27,29-31H,11H2,(H,32,33)/t20-,22+,23+,24-,26-/m1/s1. The van der Waals surface area contributed by atoms with Crippen LogP contribution in [0.1, 0.15) is 10.4 Å². The molecule has 2 aliphatic heterocycles. The predicted molar refractivity (Wildman–Crippen MR) is 126 cm³/mol. The molecule has 1 fully saturated rings. The topological polar surface area (TPSA) is 167 Å². The third-order valence-electron chi connectivity index (χ3n) is 6.19. The summed E-state index contributed by atoms with van der Waals surface area (Å²) in [6.07, 6.45) is -7.28. The lowest BCUT2D eigenvalue weighted by molar-refractivity contribution is -0.277. The molecule has 0 bridgehead atoms. The van der Waals surface area contributed by atoms with Gasteiger partial charge in [-0.2, -0.15) is 0 Å². The number of carboxylic acid groups (broad SMARTS) is 1. The Morgan fingerprint density at radius 2 is 1.69 bits per heavy atom. The number of ether oxygens (including phenoxy) is 2. The van der Waals surface area contributed by atoms with Gasteiger partial charge in [0.1, 0.15) is 41.5 Å². The van der Waals surface area contributed by atoms with E-state index >= 15 is 0 Å². The van der Waals surface area contributed by atoms with Gasteiger partial charge in [-0.05, 0) is 35.9 Å². The third kappa shape index (κ3) is 4.11.